The van der Waals surface area contributed by atoms with E-state index in [1.54, 1.807) is 13.8 Å². The fourth-order valence-electron chi connectivity index (χ4n) is 1.18. The molecule has 1 atom stereocenters. The van der Waals surface area contributed by atoms with Crippen LogP contribution in [-0.4, -0.2) is 17.2 Å². The Balaban J connectivity index is 2.93. The van der Waals surface area contributed by atoms with Crippen molar-refractivity contribution in [3.63, 3.8) is 0 Å². The summed E-state index contributed by atoms with van der Waals surface area (Å²) in [6, 6.07) is 2.66. The number of hydrogen-bond acceptors (Lipinski definition) is 2. The molecule has 0 amide bonds. The average Bonchev–Trinajstić information content (AvgIpc) is 2.18. The van der Waals surface area contributed by atoms with Crippen molar-refractivity contribution < 1.29 is 23.4 Å². The van der Waals surface area contributed by atoms with Crippen LogP contribution >= 0.6 is 0 Å². The molecular formula is C11H12F2O3. The van der Waals surface area contributed by atoms with E-state index in [9.17, 15) is 13.6 Å². The highest BCUT2D eigenvalue weighted by Gasteiger charge is 2.24. The van der Waals surface area contributed by atoms with Gasteiger partial charge >= 0.3 is 5.97 Å². The van der Waals surface area contributed by atoms with E-state index in [-0.39, 0.29) is 11.7 Å². The van der Waals surface area contributed by atoms with Gasteiger partial charge in [0, 0.05) is 12.0 Å². The first kappa shape index (κ1) is 12.4. The first-order valence-electron chi connectivity index (χ1n) is 4.76. The molecule has 0 aromatic heterocycles. The zero-order valence-corrected chi connectivity index (χ0v) is 8.91. The predicted molar refractivity (Wildman–Crippen MR) is 53.2 cm³/mol. The molecule has 1 N–H and O–H groups in total. The van der Waals surface area contributed by atoms with E-state index < -0.39 is 23.7 Å². The van der Waals surface area contributed by atoms with Crippen LogP contribution in [0.3, 0.4) is 0 Å². The Bertz CT molecular complexity index is 391. The van der Waals surface area contributed by atoms with Gasteiger partial charge in [0.2, 0.25) is 0 Å². The monoisotopic (exact) mass is 230 g/mol. The highest BCUT2D eigenvalue weighted by molar-refractivity contribution is 5.73. The SMILES string of the molecule is CC(C)C(Oc1cc(F)ccc1F)C(=O)O. The van der Waals surface area contributed by atoms with Crippen molar-refractivity contribution in [3.8, 4) is 5.75 Å². The molecule has 0 aliphatic heterocycles. The third-order valence-electron chi connectivity index (χ3n) is 2.00. The minimum Gasteiger partial charge on any atom is -0.478 e. The van der Waals surface area contributed by atoms with Gasteiger partial charge < -0.3 is 9.84 Å². The maximum absolute atomic E-state index is 13.2. The molecule has 0 bridgehead atoms. The van der Waals surface area contributed by atoms with Gasteiger partial charge in [0.1, 0.15) is 5.82 Å². The molecule has 1 aromatic rings. The van der Waals surface area contributed by atoms with Crippen molar-refractivity contribution in [2.45, 2.75) is 20.0 Å². The van der Waals surface area contributed by atoms with Gasteiger partial charge in [-0.3, -0.25) is 0 Å². The highest BCUT2D eigenvalue weighted by Crippen LogP contribution is 2.21. The second kappa shape index (κ2) is 4.92. The molecule has 5 heteroatoms. The van der Waals surface area contributed by atoms with Gasteiger partial charge in [-0.15, -0.1) is 0 Å². The number of benzene rings is 1. The van der Waals surface area contributed by atoms with Gasteiger partial charge in [0.05, 0.1) is 0 Å². The molecule has 0 aliphatic rings. The largest absolute Gasteiger partial charge is 0.478 e. The van der Waals surface area contributed by atoms with Crippen molar-refractivity contribution >= 4 is 5.97 Å². The highest BCUT2D eigenvalue weighted by atomic mass is 19.1. The smallest absolute Gasteiger partial charge is 0.345 e. The van der Waals surface area contributed by atoms with E-state index in [0.717, 1.165) is 18.2 Å². The number of carbonyl (C=O) groups is 1. The maximum atomic E-state index is 13.2. The van der Waals surface area contributed by atoms with E-state index in [1.807, 2.05) is 0 Å². The van der Waals surface area contributed by atoms with Crippen molar-refractivity contribution in [3.05, 3.63) is 29.8 Å². The van der Waals surface area contributed by atoms with Crippen LogP contribution in [0.25, 0.3) is 0 Å². The van der Waals surface area contributed by atoms with E-state index in [4.69, 9.17) is 9.84 Å². The molecule has 3 nitrogen and oxygen atoms in total. The topological polar surface area (TPSA) is 46.5 Å². The van der Waals surface area contributed by atoms with E-state index in [0.29, 0.717) is 0 Å². The van der Waals surface area contributed by atoms with Gasteiger partial charge in [-0.05, 0) is 12.1 Å². The van der Waals surface area contributed by atoms with Gasteiger partial charge in [-0.1, -0.05) is 13.8 Å². The van der Waals surface area contributed by atoms with Gasteiger partial charge in [0.15, 0.2) is 17.7 Å². The first-order chi connectivity index (χ1) is 7.41. The van der Waals surface area contributed by atoms with Crippen molar-refractivity contribution in [2.24, 2.45) is 5.92 Å². The molecule has 0 fully saturated rings. The van der Waals surface area contributed by atoms with Gasteiger partial charge in [-0.2, -0.15) is 0 Å². The van der Waals surface area contributed by atoms with Crippen LogP contribution in [0.1, 0.15) is 13.8 Å². The Hall–Kier alpha value is -1.65. The lowest BCUT2D eigenvalue weighted by Gasteiger charge is -2.18. The molecule has 0 saturated heterocycles. The molecule has 1 aromatic carbocycles. The summed E-state index contributed by atoms with van der Waals surface area (Å²) in [7, 11) is 0. The average molecular weight is 230 g/mol. The Labute approximate surface area is 91.7 Å². The number of aliphatic carboxylic acids is 1. The molecule has 0 spiro atoms. The number of rotatable bonds is 4. The summed E-state index contributed by atoms with van der Waals surface area (Å²) in [6.45, 7) is 3.24. The number of carboxylic acid groups (broad SMARTS) is 1. The molecule has 1 rings (SSSR count). The molecular weight excluding hydrogens is 218 g/mol. The summed E-state index contributed by atoms with van der Waals surface area (Å²) < 4.78 is 30.9. The van der Waals surface area contributed by atoms with E-state index in [2.05, 4.69) is 0 Å². The summed E-state index contributed by atoms with van der Waals surface area (Å²) in [5.74, 6) is -3.41. The summed E-state index contributed by atoms with van der Waals surface area (Å²) in [5.41, 5.74) is 0. The van der Waals surface area contributed by atoms with Crippen LogP contribution in [0.4, 0.5) is 8.78 Å². The summed E-state index contributed by atoms with van der Waals surface area (Å²) >= 11 is 0. The third kappa shape index (κ3) is 2.92. The van der Waals surface area contributed by atoms with Crippen LogP contribution in [0, 0.1) is 17.6 Å². The summed E-state index contributed by atoms with van der Waals surface area (Å²) in [4.78, 5) is 10.8. The second-order valence-electron chi connectivity index (χ2n) is 3.70. The minimum absolute atomic E-state index is 0.347. The lowest BCUT2D eigenvalue weighted by Crippen LogP contribution is -2.32. The van der Waals surface area contributed by atoms with Crippen LogP contribution in [0.15, 0.2) is 18.2 Å². The van der Waals surface area contributed by atoms with Crippen molar-refractivity contribution in [1.29, 1.82) is 0 Å². The molecule has 0 saturated carbocycles. The quantitative estimate of drug-likeness (QED) is 0.864. The number of hydrogen-bond donors (Lipinski definition) is 1. The Morgan fingerprint density at radius 3 is 2.50 bits per heavy atom. The Morgan fingerprint density at radius 2 is 2.00 bits per heavy atom. The summed E-state index contributed by atoms with van der Waals surface area (Å²) in [6.07, 6.45) is -1.20. The molecule has 0 radical (unpaired) electrons. The lowest BCUT2D eigenvalue weighted by molar-refractivity contribution is -0.147. The summed E-state index contributed by atoms with van der Waals surface area (Å²) in [5, 5.41) is 8.82. The molecule has 0 aliphatic carbocycles. The van der Waals surface area contributed by atoms with Crippen molar-refractivity contribution in [2.75, 3.05) is 0 Å². The van der Waals surface area contributed by atoms with Crippen LogP contribution in [-0.2, 0) is 4.79 Å². The Morgan fingerprint density at radius 1 is 1.38 bits per heavy atom. The van der Waals surface area contributed by atoms with Crippen LogP contribution in [0.5, 0.6) is 5.75 Å². The van der Waals surface area contributed by atoms with Gasteiger partial charge in [-0.25, -0.2) is 13.6 Å². The minimum atomic E-state index is -1.21. The normalized spacial score (nSPS) is 12.6. The standard InChI is InChI=1S/C11H12F2O3/c1-6(2)10(11(14)15)16-9-5-7(12)3-4-8(9)13/h3-6,10H,1-2H3,(H,14,15). The molecule has 16 heavy (non-hydrogen) atoms. The van der Waals surface area contributed by atoms with Crippen LogP contribution < -0.4 is 4.74 Å². The molecule has 88 valence electrons. The predicted octanol–water partition coefficient (Wildman–Crippen LogP) is 2.45. The van der Waals surface area contributed by atoms with Crippen LogP contribution in [0.2, 0.25) is 0 Å². The second-order valence-corrected chi connectivity index (χ2v) is 3.70. The fraction of sp³-hybridized carbons (Fsp3) is 0.364. The first-order valence-corrected chi connectivity index (χ1v) is 4.76. The maximum Gasteiger partial charge on any atom is 0.345 e. The third-order valence-corrected chi connectivity index (χ3v) is 2.00. The number of carboxylic acids is 1. The van der Waals surface area contributed by atoms with E-state index >= 15 is 0 Å². The Kier molecular flexibility index (Phi) is 3.82. The van der Waals surface area contributed by atoms with Crippen molar-refractivity contribution in [1.82, 2.24) is 0 Å². The number of halogens is 2. The zero-order chi connectivity index (χ0) is 12.3. The molecule has 0 heterocycles. The molecule has 1 unspecified atom stereocenters. The van der Waals surface area contributed by atoms with Gasteiger partial charge in [0.25, 0.3) is 0 Å². The van der Waals surface area contributed by atoms with E-state index in [1.165, 1.54) is 0 Å². The fourth-order valence-corrected chi connectivity index (χ4v) is 1.18. The number of ether oxygens (including phenoxy) is 1. The zero-order valence-electron chi connectivity index (χ0n) is 8.91. The lowest BCUT2D eigenvalue weighted by atomic mass is 10.1.